The topological polar surface area (TPSA) is 26.8 Å². The number of piperazine rings is 1. The molecule has 4 nitrogen and oxygen atoms in total. The molecule has 0 N–H and O–H groups in total. The van der Waals surface area contributed by atoms with Crippen LogP contribution in [0.5, 0.6) is 0 Å². The first-order chi connectivity index (χ1) is 11.6. The molecule has 0 spiro atoms. The van der Waals surface area contributed by atoms with Gasteiger partial charge in [0.25, 0.3) is 0 Å². The average molecular weight is 323 g/mol. The van der Waals surface area contributed by atoms with Gasteiger partial charge in [-0.2, -0.15) is 0 Å². The van der Waals surface area contributed by atoms with Gasteiger partial charge >= 0.3 is 0 Å². The predicted molar refractivity (Wildman–Crippen MR) is 99.7 cm³/mol. The Morgan fingerprint density at radius 3 is 2.12 bits per heavy atom. The first-order valence-corrected chi connectivity index (χ1v) is 8.47. The van der Waals surface area contributed by atoms with E-state index in [0.29, 0.717) is 6.42 Å². The van der Waals surface area contributed by atoms with Crippen LogP contribution in [0.4, 0.5) is 11.4 Å². The van der Waals surface area contributed by atoms with Gasteiger partial charge in [0.2, 0.25) is 5.91 Å². The number of rotatable bonds is 4. The highest BCUT2D eigenvalue weighted by Crippen LogP contribution is 2.21. The lowest BCUT2D eigenvalue weighted by Crippen LogP contribution is -2.49. The molecule has 126 valence electrons. The summed E-state index contributed by atoms with van der Waals surface area (Å²) in [6, 6.07) is 18.6. The Morgan fingerprint density at radius 2 is 1.54 bits per heavy atom. The summed E-state index contributed by atoms with van der Waals surface area (Å²) < 4.78 is 0. The van der Waals surface area contributed by atoms with Gasteiger partial charge in [0.15, 0.2) is 0 Å². The van der Waals surface area contributed by atoms with Crippen LogP contribution >= 0.6 is 0 Å². The Morgan fingerprint density at radius 1 is 0.917 bits per heavy atom. The molecule has 1 fully saturated rings. The van der Waals surface area contributed by atoms with Gasteiger partial charge in [-0.15, -0.1) is 0 Å². The molecular formula is C20H25N3O. The molecule has 1 heterocycles. The molecule has 0 aromatic heterocycles. The number of hydrogen-bond donors (Lipinski definition) is 0. The van der Waals surface area contributed by atoms with Crippen LogP contribution in [0.15, 0.2) is 54.6 Å². The summed E-state index contributed by atoms with van der Waals surface area (Å²) in [4.78, 5) is 18.9. The third-order valence-corrected chi connectivity index (χ3v) is 4.56. The van der Waals surface area contributed by atoms with E-state index < -0.39 is 0 Å². The van der Waals surface area contributed by atoms with E-state index in [1.807, 2.05) is 49.3 Å². The van der Waals surface area contributed by atoms with Gasteiger partial charge < -0.3 is 14.7 Å². The van der Waals surface area contributed by atoms with Crippen LogP contribution in [0.2, 0.25) is 0 Å². The molecule has 0 saturated carbocycles. The molecule has 24 heavy (non-hydrogen) atoms. The van der Waals surface area contributed by atoms with E-state index in [1.165, 1.54) is 11.4 Å². The fourth-order valence-electron chi connectivity index (χ4n) is 3.06. The highest BCUT2D eigenvalue weighted by atomic mass is 16.2. The van der Waals surface area contributed by atoms with Crippen molar-refractivity contribution in [3.63, 3.8) is 0 Å². The van der Waals surface area contributed by atoms with E-state index in [9.17, 15) is 4.79 Å². The maximum absolute atomic E-state index is 12.4. The van der Waals surface area contributed by atoms with Crippen molar-refractivity contribution in [1.82, 2.24) is 4.90 Å². The highest BCUT2D eigenvalue weighted by molar-refractivity contribution is 5.79. The van der Waals surface area contributed by atoms with Crippen molar-refractivity contribution < 1.29 is 4.79 Å². The van der Waals surface area contributed by atoms with Gasteiger partial charge in [-0.05, 0) is 29.8 Å². The maximum atomic E-state index is 12.4. The number of carbonyl (C=O) groups excluding carboxylic acids is 1. The van der Waals surface area contributed by atoms with Crippen LogP contribution in [-0.4, -0.2) is 51.1 Å². The molecule has 0 atom stereocenters. The molecule has 3 rings (SSSR count). The lowest BCUT2D eigenvalue weighted by molar-refractivity contribution is -0.130. The maximum Gasteiger partial charge on any atom is 0.227 e. The Labute approximate surface area is 144 Å². The Balaban J connectivity index is 1.54. The molecule has 1 aliphatic rings. The number of nitrogens with zero attached hydrogens (tertiary/aromatic N) is 3. The summed E-state index contributed by atoms with van der Waals surface area (Å²) in [5, 5.41) is 0. The summed E-state index contributed by atoms with van der Waals surface area (Å²) in [5.41, 5.74) is 3.52. The number of anilines is 2. The Kier molecular flexibility index (Phi) is 5.04. The van der Waals surface area contributed by atoms with Crippen molar-refractivity contribution in [2.75, 3.05) is 50.1 Å². The largest absolute Gasteiger partial charge is 0.378 e. The van der Waals surface area contributed by atoms with E-state index in [-0.39, 0.29) is 5.91 Å². The standard InChI is InChI=1S/C20H25N3O/c1-21(2)18-8-10-19(11-9-18)22-12-14-23(15-13-22)20(24)16-17-6-4-3-5-7-17/h3-11H,12-16H2,1-2H3. The van der Waals surface area contributed by atoms with E-state index in [4.69, 9.17) is 0 Å². The second-order valence-corrected chi connectivity index (χ2v) is 6.44. The fraction of sp³-hybridized carbons (Fsp3) is 0.350. The highest BCUT2D eigenvalue weighted by Gasteiger charge is 2.21. The SMILES string of the molecule is CN(C)c1ccc(N2CCN(C(=O)Cc3ccccc3)CC2)cc1. The lowest BCUT2D eigenvalue weighted by atomic mass is 10.1. The zero-order chi connectivity index (χ0) is 16.9. The molecule has 2 aromatic rings. The summed E-state index contributed by atoms with van der Waals surface area (Å²) in [6.07, 6.45) is 0.498. The minimum atomic E-state index is 0.226. The minimum absolute atomic E-state index is 0.226. The monoisotopic (exact) mass is 323 g/mol. The second kappa shape index (κ2) is 7.39. The minimum Gasteiger partial charge on any atom is -0.378 e. The van der Waals surface area contributed by atoms with E-state index >= 15 is 0 Å². The van der Waals surface area contributed by atoms with Gasteiger partial charge in [-0.1, -0.05) is 30.3 Å². The van der Waals surface area contributed by atoms with E-state index in [0.717, 1.165) is 31.7 Å². The van der Waals surface area contributed by atoms with Crippen molar-refractivity contribution in [3.05, 3.63) is 60.2 Å². The molecule has 0 bridgehead atoms. The summed E-state index contributed by atoms with van der Waals surface area (Å²) >= 11 is 0. The molecular weight excluding hydrogens is 298 g/mol. The summed E-state index contributed by atoms with van der Waals surface area (Å²) in [7, 11) is 4.10. The number of benzene rings is 2. The average Bonchev–Trinajstić information content (AvgIpc) is 2.63. The van der Waals surface area contributed by atoms with Gasteiger partial charge in [-0.3, -0.25) is 4.79 Å². The van der Waals surface area contributed by atoms with Crippen LogP contribution in [-0.2, 0) is 11.2 Å². The molecule has 0 radical (unpaired) electrons. The lowest BCUT2D eigenvalue weighted by Gasteiger charge is -2.36. The second-order valence-electron chi connectivity index (χ2n) is 6.44. The molecule has 2 aromatic carbocycles. The predicted octanol–water partition coefficient (Wildman–Crippen LogP) is 2.64. The molecule has 0 aliphatic carbocycles. The van der Waals surface area contributed by atoms with Crippen molar-refractivity contribution in [2.24, 2.45) is 0 Å². The van der Waals surface area contributed by atoms with Crippen LogP contribution in [0.1, 0.15) is 5.56 Å². The zero-order valence-electron chi connectivity index (χ0n) is 14.5. The van der Waals surface area contributed by atoms with Gasteiger partial charge in [0.1, 0.15) is 0 Å². The van der Waals surface area contributed by atoms with Crippen molar-refractivity contribution in [1.29, 1.82) is 0 Å². The first-order valence-electron chi connectivity index (χ1n) is 8.47. The van der Waals surface area contributed by atoms with Crippen LogP contribution < -0.4 is 9.80 Å². The third kappa shape index (κ3) is 3.88. The van der Waals surface area contributed by atoms with Gasteiger partial charge in [0, 0.05) is 51.6 Å². The summed E-state index contributed by atoms with van der Waals surface area (Å²) in [5.74, 6) is 0.226. The first kappa shape index (κ1) is 16.4. The number of amides is 1. The van der Waals surface area contributed by atoms with Gasteiger partial charge in [0.05, 0.1) is 6.42 Å². The number of hydrogen-bond acceptors (Lipinski definition) is 3. The summed E-state index contributed by atoms with van der Waals surface area (Å²) in [6.45, 7) is 3.37. The smallest absolute Gasteiger partial charge is 0.227 e. The van der Waals surface area contributed by atoms with Crippen LogP contribution in [0.25, 0.3) is 0 Å². The molecule has 1 amide bonds. The van der Waals surface area contributed by atoms with Crippen LogP contribution in [0.3, 0.4) is 0 Å². The number of carbonyl (C=O) groups is 1. The van der Waals surface area contributed by atoms with Crippen molar-refractivity contribution in [2.45, 2.75) is 6.42 Å². The van der Waals surface area contributed by atoms with Gasteiger partial charge in [-0.25, -0.2) is 0 Å². The quantitative estimate of drug-likeness (QED) is 0.865. The zero-order valence-corrected chi connectivity index (χ0v) is 14.5. The Bertz CT molecular complexity index is 659. The van der Waals surface area contributed by atoms with Crippen molar-refractivity contribution >= 4 is 17.3 Å². The third-order valence-electron chi connectivity index (χ3n) is 4.56. The van der Waals surface area contributed by atoms with Crippen LogP contribution in [0, 0.1) is 0 Å². The Hall–Kier alpha value is -2.49. The normalized spacial score (nSPS) is 14.6. The fourth-order valence-corrected chi connectivity index (χ4v) is 3.06. The molecule has 1 aliphatic heterocycles. The van der Waals surface area contributed by atoms with E-state index in [2.05, 4.69) is 34.1 Å². The van der Waals surface area contributed by atoms with Crippen molar-refractivity contribution in [3.8, 4) is 0 Å². The molecule has 0 unspecified atom stereocenters. The van der Waals surface area contributed by atoms with E-state index in [1.54, 1.807) is 0 Å². The molecule has 1 saturated heterocycles. The molecule has 4 heteroatoms.